The Labute approximate surface area is 178 Å². The number of rotatable bonds is 8. The Balaban J connectivity index is 0.00000300. The molecule has 0 spiro atoms. The van der Waals surface area contributed by atoms with Crippen molar-refractivity contribution in [1.29, 1.82) is 0 Å². The second-order valence-corrected chi connectivity index (χ2v) is 7.38. The van der Waals surface area contributed by atoms with Gasteiger partial charge in [0.2, 0.25) is 0 Å². The molecule has 160 valence electrons. The number of benzene rings is 1. The van der Waals surface area contributed by atoms with E-state index in [4.69, 9.17) is 10.5 Å². The summed E-state index contributed by atoms with van der Waals surface area (Å²) in [7, 11) is 0. The molecule has 29 heavy (non-hydrogen) atoms. The number of unbranched alkanes of at least 4 members (excludes halogenated alkanes) is 1. The predicted molar refractivity (Wildman–Crippen MR) is 113 cm³/mol. The van der Waals surface area contributed by atoms with Gasteiger partial charge in [0, 0.05) is 31.8 Å². The third-order valence-electron chi connectivity index (χ3n) is 5.38. The molecule has 8 heteroatoms. The Bertz CT molecular complexity index is 747. The van der Waals surface area contributed by atoms with E-state index < -0.39 is 0 Å². The first-order valence-corrected chi connectivity index (χ1v) is 10.2. The van der Waals surface area contributed by atoms with Gasteiger partial charge in [-0.05, 0) is 50.4 Å². The standard InChI is InChI=1S/C21H29N3O4.ClH/c1-2-3-10-24-20(26)17-6-5-15(14-18(17)21(24)27)19(25)23-11-7-16(8-12-23)28-13-4-9-22;/h5-6,14,16H,2-4,7-13,22H2,1H3;1H. The fraction of sp³-hybridized carbons (Fsp3) is 0.571. The number of ether oxygens (including phenoxy) is 1. The fourth-order valence-corrected chi connectivity index (χ4v) is 3.68. The summed E-state index contributed by atoms with van der Waals surface area (Å²) in [5.74, 6) is -0.659. The van der Waals surface area contributed by atoms with Gasteiger partial charge >= 0.3 is 0 Å². The number of carbonyl (C=O) groups excluding carboxylic acids is 3. The van der Waals surface area contributed by atoms with Gasteiger partial charge in [0.05, 0.1) is 17.2 Å². The third-order valence-corrected chi connectivity index (χ3v) is 5.38. The summed E-state index contributed by atoms with van der Waals surface area (Å²) in [6.45, 7) is 4.96. The molecular formula is C21H30ClN3O4. The maximum atomic E-state index is 12.9. The minimum Gasteiger partial charge on any atom is -0.378 e. The van der Waals surface area contributed by atoms with Gasteiger partial charge in [-0.3, -0.25) is 19.3 Å². The molecule has 1 aromatic carbocycles. The van der Waals surface area contributed by atoms with Gasteiger partial charge in [0.15, 0.2) is 0 Å². The fourth-order valence-electron chi connectivity index (χ4n) is 3.68. The first kappa shape index (κ1) is 23.3. The summed E-state index contributed by atoms with van der Waals surface area (Å²) in [4.78, 5) is 41.0. The Morgan fingerprint density at radius 2 is 1.83 bits per heavy atom. The second kappa shape index (κ2) is 10.7. The van der Waals surface area contributed by atoms with Crippen LogP contribution in [0.1, 0.15) is 70.1 Å². The largest absolute Gasteiger partial charge is 0.378 e. The molecule has 2 aliphatic heterocycles. The van der Waals surface area contributed by atoms with Crippen molar-refractivity contribution in [2.75, 3.05) is 32.8 Å². The number of hydrogen-bond acceptors (Lipinski definition) is 5. The van der Waals surface area contributed by atoms with Crippen LogP contribution >= 0.6 is 12.4 Å². The van der Waals surface area contributed by atoms with Crippen LogP contribution < -0.4 is 5.73 Å². The van der Waals surface area contributed by atoms with Gasteiger partial charge in [-0.2, -0.15) is 0 Å². The molecule has 0 bridgehead atoms. The molecule has 0 unspecified atom stereocenters. The lowest BCUT2D eigenvalue weighted by Gasteiger charge is -2.32. The van der Waals surface area contributed by atoms with E-state index in [0.717, 1.165) is 32.1 Å². The average molecular weight is 424 g/mol. The highest BCUT2D eigenvalue weighted by Gasteiger charge is 2.36. The maximum absolute atomic E-state index is 12.9. The molecule has 1 fully saturated rings. The predicted octanol–water partition coefficient (Wildman–Crippen LogP) is 2.47. The number of likely N-dealkylation sites (tertiary alicyclic amines) is 1. The number of amides is 3. The molecule has 7 nitrogen and oxygen atoms in total. The average Bonchev–Trinajstić information content (AvgIpc) is 2.96. The number of piperidine rings is 1. The Morgan fingerprint density at radius 3 is 2.48 bits per heavy atom. The summed E-state index contributed by atoms with van der Waals surface area (Å²) in [5, 5.41) is 0. The van der Waals surface area contributed by atoms with Crippen LogP contribution in [-0.4, -0.2) is 66.4 Å². The van der Waals surface area contributed by atoms with E-state index in [1.54, 1.807) is 23.1 Å². The van der Waals surface area contributed by atoms with Crippen LogP contribution in [-0.2, 0) is 4.74 Å². The smallest absolute Gasteiger partial charge is 0.261 e. The van der Waals surface area contributed by atoms with Crippen LogP contribution in [0.25, 0.3) is 0 Å². The normalized spacial score (nSPS) is 16.8. The van der Waals surface area contributed by atoms with Crippen LogP contribution in [0.2, 0.25) is 0 Å². The molecule has 0 aromatic heterocycles. The van der Waals surface area contributed by atoms with E-state index in [1.807, 2.05) is 6.92 Å². The van der Waals surface area contributed by atoms with E-state index in [9.17, 15) is 14.4 Å². The summed E-state index contributed by atoms with van der Waals surface area (Å²) in [5.41, 5.74) is 6.67. The SMILES string of the molecule is CCCCN1C(=O)c2ccc(C(=O)N3CCC(OCCCN)CC3)cc2C1=O.Cl. The van der Waals surface area contributed by atoms with Gasteiger partial charge in [-0.15, -0.1) is 12.4 Å². The number of carbonyl (C=O) groups is 3. The molecule has 0 saturated carbocycles. The molecule has 0 aliphatic carbocycles. The van der Waals surface area contributed by atoms with Crippen molar-refractivity contribution in [1.82, 2.24) is 9.80 Å². The zero-order valence-electron chi connectivity index (χ0n) is 16.9. The Morgan fingerprint density at radius 1 is 1.14 bits per heavy atom. The van der Waals surface area contributed by atoms with Gasteiger partial charge in [0.25, 0.3) is 17.7 Å². The summed E-state index contributed by atoms with van der Waals surface area (Å²) in [6.07, 6.45) is 4.29. The van der Waals surface area contributed by atoms with Crippen LogP contribution in [0.4, 0.5) is 0 Å². The molecule has 2 aliphatic rings. The summed E-state index contributed by atoms with van der Waals surface area (Å²) in [6, 6.07) is 4.84. The summed E-state index contributed by atoms with van der Waals surface area (Å²) < 4.78 is 5.78. The van der Waals surface area contributed by atoms with Gasteiger partial charge in [-0.25, -0.2) is 0 Å². The minimum atomic E-state index is -0.296. The first-order chi connectivity index (χ1) is 13.6. The van der Waals surface area contributed by atoms with Crippen molar-refractivity contribution in [3.63, 3.8) is 0 Å². The first-order valence-electron chi connectivity index (χ1n) is 10.2. The lowest BCUT2D eigenvalue weighted by Crippen LogP contribution is -2.41. The van der Waals surface area contributed by atoms with E-state index in [2.05, 4.69) is 0 Å². The molecule has 0 atom stereocenters. The van der Waals surface area contributed by atoms with Crippen molar-refractivity contribution in [3.05, 3.63) is 34.9 Å². The van der Waals surface area contributed by atoms with E-state index in [0.29, 0.717) is 49.5 Å². The number of halogens is 1. The zero-order valence-corrected chi connectivity index (χ0v) is 17.7. The Hall–Kier alpha value is -1.96. The summed E-state index contributed by atoms with van der Waals surface area (Å²) >= 11 is 0. The van der Waals surface area contributed by atoms with E-state index in [-0.39, 0.29) is 36.2 Å². The van der Waals surface area contributed by atoms with Crippen LogP contribution in [0.15, 0.2) is 18.2 Å². The molecule has 3 rings (SSSR count). The zero-order chi connectivity index (χ0) is 20.1. The molecule has 0 radical (unpaired) electrons. The van der Waals surface area contributed by atoms with Gasteiger partial charge in [-0.1, -0.05) is 13.3 Å². The second-order valence-electron chi connectivity index (χ2n) is 7.38. The molecule has 3 amide bonds. The van der Waals surface area contributed by atoms with Crippen LogP contribution in [0, 0.1) is 0 Å². The van der Waals surface area contributed by atoms with Crippen molar-refractivity contribution in [2.45, 2.75) is 45.1 Å². The number of imide groups is 1. The molecule has 2 heterocycles. The highest BCUT2D eigenvalue weighted by atomic mass is 35.5. The van der Waals surface area contributed by atoms with Crippen molar-refractivity contribution >= 4 is 30.1 Å². The van der Waals surface area contributed by atoms with Crippen LogP contribution in [0.3, 0.4) is 0 Å². The highest BCUT2D eigenvalue weighted by molar-refractivity contribution is 6.22. The highest BCUT2D eigenvalue weighted by Crippen LogP contribution is 2.25. The maximum Gasteiger partial charge on any atom is 0.261 e. The Kier molecular flexibility index (Phi) is 8.61. The number of fused-ring (bicyclic) bond motifs is 1. The molecular weight excluding hydrogens is 394 g/mol. The number of nitrogens with two attached hydrogens (primary N) is 1. The quantitative estimate of drug-likeness (QED) is 0.512. The van der Waals surface area contributed by atoms with Gasteiger partial charge in [0.1, 0.15) is 0 Å². The minimum absolute atomic E-state index is 0. The number of hydrogen-bond donors (Lipinski definition) is 1. The van der Waals surface area contributed by atoms with Crippen LogP contribution in [0.5, 0.6) is 0 Å². The molecule has 1 saturated heterocycles. The van der Waals surface area contributed by atoms with Gasteiger partial charge < -0.3 is 15.4 Å². The lowest BCUT2D eigenvalue weighted by molar-refractivity contribution is 0.00844. The van der Waals surface area contributed by atoms with Crippen molar-refractivity contribution in [2.24, 2.45) is 5.73 Å². The van der Waals surface area contributed by atoms with E-state index >= 15 is 0 Å². The molecule has 1 aromatic rings. The van der Waals surface area contributed by atoms with E-state index in [1.165, 1.54) is 4.90 Å². The monoisotopic (exact) mass is 423 g/mol. The third kappa shape index (κ3) is 5.15. The number of nitrogens with zero attached hydrogens (tertiary/aromatic N) is 2. The van der Waals surface area contributed by atoms with Crippen molar-refractivity contribution < 1.29 is 19.1 Å². The lowest BCUT2D eigenvalue weighted by atomic mass is 10.0. The van der Waals surface area contributed by atoms with Crippen molar-refractivity contribution in [3.8, 4) is 0 Å². The topological polar surface area (TPSA) is 92.9 Å². The molecule has 2 N–H and O–H groups in total.